The summed E-state index contributed by atoms with van der Waals surface area (Å²) in [5.41, 5.74) is 0.726. The number of piperidine rings is 1. The maximum atomic E-state index is 3.63. The molecule has 0 aromatic rings. The Labute approximate surface area is 129 Å². The smallest absolute Gasteiger partial charge is 0.316 e. The van der Waals surface area contributed by atoms with Crippen LogP contribution in [0.1, 0.15) is 47.0 Å². The number of halogens is 2. The molecule has 1 rings (SSSR count). The first-order valence-electron chi connectivity index (χ1n) is 4.21. The Morgan fingerprint density at radius 1 is 0.857 bits per heavy atom. The van der Waals surface area contributed by atoms with E-state index in [1.165, 1.54) is 19.3 Å². The number of hydrogen-bond acceptors (Lipinski definition) is 1. The Hall–Kier alpha value is 1.90. The van der Waals surface area contributed by atoms with Crippen LogP contribution < -0.4 is 5.32 Å². The fourth-order valence-corrected chi connectivity index (χ4v) is 2.01. The molecule has 1 heterocycles. The molecule has 1 nitrogen and oxygen atoms in total. The SMILES string of the molecule is CC1(C)CCCC(C)(C)N1.Cl.Cl.[LiH].[MgH2]. The van der Waals surface area contributed by atoms with Crippen LogP contribution in [0.2, 0.25) is 0 Å². The van der Waals surface area contributed by atoms with Crippen molar-refractivity contribution in [2.24, 2.45) is 0 Å². The summed E-state index contributed by atoms with van der Waals surface area (Å²) in [5, 5.41) is 3.63. The van der Waals surface area contributed by atoms with E-state index in [-0.39, 0.29) is 66.7 Å². The van der Waals surface area contributed by atoms with Gasteiger partial charge in [-0.1, -0.05) is 0 Å². The van der Waals surface area contributed by atoms with Crippen molar-refractivity contribution in [2.45, 2.75) is 58.0 Å². The van der Waals surface area contributed by atoms with Crippen molar-refractivity contribution in [1.29, 1.82) is 0 Å². The zero-order chi connectivity index (χ0) is 7.83. The summed E-state index contributed by atoms with van der Waals surface area (Å²) in [4.78, 5) is 0. The standard InChI is InChI=1S/C9H19N.2ClH.Li.Mg.3H/c1-8(2)6-5-7-9(3,4)10-8;;;;;;;/h10H,5-7H2,1-4H3;2*1H;;;;;. The van der Waals surface area contributed by atoms with Gasteiger partial charge in [-0.05, 0) is 47.0 Å². The maximum absolute atomic E-state index is 3.63. The summed E-state index contributed by atoms with van der Waals surface area (Å²) in [5.74, 6) is 0. The van der Waals surface area contributed by atoms with Gasteiger partial charge in [0.05, 0.1) is 0 Å². The van der Waals surface area contributed by atoms with E-state index < -0.39 is 0 Å². The summed E-state index contributed by atoms with van der Waals surface area (Å²) in [6.07, 6.45) is 4.00. The van der Waals surface area contributed by atoms with E-state index >= 15 is 0 Å². The Bertz CT molecular complexity index is 129. The average molecular weight is 248 g/mol. The van der Waals surface area contributed by atoms with E-state index in [9.17, 15) is 0 Å². The van der Waals surface area contributed by atoms with Crippen LogP contribution in [-0.2, 0) is 0 Å². The van der Waals surface area contributed by atoms with Crippen LogP contribution in [0.15, 0.2) is 0 Å². The summed E-state index contributed by atoms with van der Waals surface area (Å²) in [6, 6.07) is 0. The molecule has 1 N–H and O–H groups in total. The van der Waals surface area contributed by atoms with Gasteiger partial charge in [0.1, 0.15) is 0 Å². The molecule has 0 amide bonds. The molecule has 0 saturated carbocycles. The van der Waals surface area contributed by atoms with Crippen LogP contribution >= 0.6 is 24.8 Å². The monoisotopic (exact) mass is 247 g/mol. The first-order chi connectivity index (χ1) is 4.41. The Morgan fingerprint density at radius 2 is 1.14 bits per heavy atom. The zero-order valence-corrected chi connectivity index (χ0v) is 10.1. The molecule has 0 bridgehead atoms. The van der Waals surface area contributed by atoms with Crippen molar-refractivity contribution in [3.63, 3.8) is 0 Å². The third-order valence-corrected chi connectivity index (χ3v) is 2.28. The topological polar surface area (TPSA) is 12.0 Å². The molecule has 0 spiro atoms. The predicted octanol–water partition coefficient (Wildman–Crippen LogP) is 1.60. The van der Waals surface area contributed by atoms with Crippen LogP contribution in [0, 0.1) is 0 Å². The molecule has 0 aromatic carbocycles. The van der Waals surface area contributed by atoms with Crippen LogP contribution in [0.3, 0.4) is 0 Å². The molecule has 0 atom stereocenters. The third kappa shape index (κ3) is 9.15. The second-order valence-corrected chi connectivity index (χ2v) is 4.75. The van der Waals surface area contributed by atoms with Crippen LogP contribution in [0.25, 0.3) is 0 Å². The van der Waals surface area contributed by atoms with Gasteiger partial charge in [0, 0.05) is 11.1 Å². The molecule has 14 heavy (non-hydrogen) atoms. The second-order valence-electron chi connectivity index (χ2n) is 4.75. The number of nitrogens with one attached hydrogen (secondary N) is 1. The molecule has 1 saturated heterocycles. The molecule has 0 radical (unpaired) electrons. The van der Waals surface area contributed by atoms with Gasteiger partial charge in [-0.15, -0.1) is 24.8 Å². The molecular formula is C9H24Cl2LiMgN. The molecule has 1 aliphatic rings. The summed E-state index contributed by atoms with van der Waals surface area (Å²) < 4.78 is 0. The van der Waals surface area contributed by atoms with Crippen molar-refractivity contribution in [3.05, 3.63) is 0 Å². The number of hydrogen-bond donors (Lipinski definition) is 1. The fraction of sp³-hybridized carbons (Fsp3) is 1.00. The first-order valence-corrected chi connectivity index (χ1v) is 4.21. The van der Waals surface area contributed by atoms with E-state index in [1.807, 2.05) is 0 Å². The van der Waals surface area contributed by atoms with E-state index in [2.05, 4.69) is 33.0 Å². The summed E-state index contributed by atoms with van der Waals surface area (Å²) in [6.45, 7) is 9.14. The Kier molecular flexibility index (Phi) is 16.0. The van der Waals surface area contributed by atoms with E-state index in [0.717, 1.165) is 0 Å². The van der Waals surface area contributed by atoms with Crippen molar-refractivity contribution in [1.82, 2.24) is 5.32 Å². The fourth-order valence-electron chi connectivity index (χ4n) is 2.01. The third-order valence-electron chi connectivity index (χ3n) is 2.28. The van der Waals surface area contributed by atoms with Crippen LogP contribution in [-0.4, -0.2) is 53.0 Å². The summed E-state index contributed by atoms with van der Waals surface area (Å²) in [7, 11) is 0. The van der Waals surface area contributed by atoms with Crippen LogP contribution in [0.4, 0.5) is 0 Å². The van der Waals surface area contributed by atoms with Crippen molar-refractivity contribution in [3.8, 4) is 0 Å². The van der Waals surface area contributed by atoms with Gasteiger partial charge in [0.2, 0.25) is 0 Å². The Balaban J connectivity index is -0.000000125. The van der Waals surface area contributed by atoms with E-state index in [4.69, 9.17) is 0 Å². The minimum Gasteiger partial charge on any atom is 0.316 e. The summed E-state index contributed by atoms with van der Waals surface area (Å²) >= 11 is 0. The van der Waals surface area contributed by atoms with E-state index in [1.54, 1.807) is 0 Å². The quantitative estimate of drug-likeness (QED) is 0.642. The predicted molar refractivity (Wildman–Crippen MR) is 75.3 cm³/mol. The maximum Gasteiger partial charge on any atom is 0.316 e. The van der Waals surface area contributed by atoms with Gasteiger partial charge in [0.15, 0.2) is 0 Å². The average Bonchev–Trinajstić information content (AvgIpc) is 1.56. The number of rotatable bonds is 0. The first kappa shape index (κ1) is 24.9. The molecule has 0 aromatic heterocycles. The molecule has 82 valence electrons. The molecule has 0 aliphatic carbocycles. The molecular weight excluding hydrogens is 224 g/mol. The van der Waals surface area contributed by atoms with Gasteiger partial charge < -0.3 is 5.32 Å². The molecule has 1 fully saturated rings. The molecule has 0 unspecified atom stereocenters. The van der Waals surface area contributed by atoms with Crippen molar-refractivity contribution < 1.29 is 0 Å². The van der Waals surface area contributed by atoms with Crippen molar-refractivity contribution in [2.75, 3.05) is 0 Å². The normalized spacial score (nSPS) is 21.4. The second kappa shape index (κ2) is 8.99. The van der Waals surface area contributed by atoms with Gasteiger partial charge in [-0.2, -0.15) is 0 Å². The van der Waals surface area contributed by atoms with E-state index in [0.29, 0.717) is 11.1 Å². The van der Waals surface area contributed by atoms with Crippen LogP contribution in [0.5, 0.6) is 0 Å². The molecule has 5 heteroatoms. The largest absolute Gasteiger partial charge is 0.316 e. The minimum absolute atomic E-state index is 0. The molecule has 1 aliphatic heterocycles. The van der Waals surface area contributed by atoms with Gasteiger partial charge >= 0.3 is 41.9 Å². The van der Waals surface area contributed by atoms with Crippen molar-refractivity contribution >= 4 is 66.7 Å². The Morgan fingerprint density at radius 3 is 1.29 bits per heavy atom. The minimum atomic E-state index is 0. The zero-order valence-electron chi connectivity index (χ0n) is 8.44. The van der Waals surface area contributed by atoms with Gasteiger partial charge in [-0.3, -0.25) is 0 Å². The van der Waals surface area contributed by atoms with Gasteiger partial charge in [-0.25, -0.2) is 0 Å². The van der Waals surface area contributed by atoms with Gasteiger partial charge in [0.25, 0.3) is 0 Å².